The Bertz CT molecular complexity index is 833. The minimum absolute atomic E-state index is 0.0194. The Morgan fingerprint density at radius 2 is 2.08 bits per heavy atom. The van der Waals surface area contributed by atoms with Gasteiger partial charge >= 0.3 is 0 Å². The Hall–Kier alpha value is -2.55. The lowest BCUT2D eigenvalue weighted by atomic mass is 9.94. The molecule has 3 saturated heterocycles. The van der Waals surface area contributed by atoms with Gasteiger partial charge in [-0.2, -0.15) is 0 Å². The number of pyridine rings is 1. The molecule has 2 amide bonds. The highest BCUT2D eigenvalue weighted by Crippen LogP contribution is 2.29. The second-order valence-corrected chi connectivity index (χ2v) is 7.43. The summed E-state index contributed by atoms with van der Waals surface area (Å²) in [4.78, 5) is 31.0. The molecule has 3 aliphatic rings. The lowest BCUT2D eigenvalue weighted by Gasteiger charge is -2.36. The molecule has 0 saturated carbocycles. The molecule has 0 N–H and O–H groups in total. The second kappa shape index (κ2) is 6.64. The maximum atomic E-state index is 13.1. The first-order valence-corrected chi connectivity index (χ1v) is 8.92. The quantitative estimate of drug-likeness (QED) is 0.753. The van der Waals surface area contributed by atoms with Crippen LogP contribution in [0.3, 0.4) is 0 Å². The van der Waals surface area contributed by atoms with E-state index in [1.54, 1.807) is 41.8 Å². The molecule has 26 heavy (non-hydrogen) atoms. The van der Waals surface area contributed by atoms with Gasteiger partial charge in [-0.3, -0.25) is 14.5 Å². The highest BCUT2D eigenvalue weighted by atomic mass is 16.2. The molecule has 0 unspecified atom stereocenters. The zero-order valence-corrected chi connectivity index (χ0v) is 15.1. The number of nitrogens with zero attached hydrogens (tertiary/aromatic N) is 7. The van der Waals surface area contributed by atoms with Crippen molar-refractivity contribution in [3.8, 4) is 0 Å². The van der Waals surface area contributed by atoms with Gasteiger partial charge in [-0.15, -0.1) is 5.10 Å². The van der Waals surface area contributed by atoms with E-state index in [2.05, 4.69) is 20.4 Å². The average molecular weight is 357 g/mol. The lowest BCUT2D eigenvalue weighted by molar-refractivity contribution is -0.129. The van der Waals surface area contributed by atoms with Gasteiger partial charge in [0, 0.05) is 51.5 Å². The molecule has 9 nitrogen and oxygen atoms in total. The Balaban J connectivity index is 1.52. The molecule has 2 aromatic heterocycles. The van der Waals surface area contributed by atoms with Crippen LogP contribution in [0.4, 0.5) is 0 Å². The molecule has 0 aromatic carbocycles. The molecule has 138 valence electrons. The predicted octanol–water partition coefficient (Wildman–Crippen LogP) is -0.251. The van der Waals surface area contributed by atoms with E-state index in [1.807, 2.05) is 4.90 Å². The van der Waals surface area contributed by atoms with Gasteiger partial charge in [-0.05, 0) is 41.3 Å². The van der Waals surface area contributed by atoms with Crippen LogP contribution in [0.15, 0.2) is 18.3 Å². The number of hydrogen-bond acceptors (Lipinski definition) is 6. The summed E-state index contributed by atoms with van der Waals surface area (Å²) in [5.74, 6) is 0.533. The molecule has 0 aliphatic carbocycles. The number of piperidine rings is 1. The highest BCUT2D eigenvalue weighted by molar-refractivity contribution is 5.95. The second-order valence-electron chi connectivity index (χ2n) is 7.43. The zero-order chi connectivity index (χ0) is 18.3. The lowest BCUT2D eigenvalue weighted by Crippen LogP contribution is -2.47. The van der Waals surface area contributed by atoms with Crippen LogP contribution < -0.4 is 0 Å². The number of tetrazole rings is 1. The largest absolute Gasteiger partial charge is 0.348 e. The van der Waals surface area contributed by atoms with E-state index in [0.29, 0.717) is 23.7 Å². The van der Waals surface area contributed by atoms with Gasteiger partial charge in [0.05, 0.1) is 6.54 Å². The predicted molar refractivity (Wildman–Crippen MR) is 93.5 cm³/mol. The number of aromatic nitrogens is 4. The Kier molecular flexibility index (Phi) is 4.31. The molecular formula is C17H23N7O2. The molecule has 3 aliphatic heterocycles. The van der Waals surface area contributed by atoms with Gasteiger partial charge in [0.15, 0.2) is 5.65 Å². The third kappa shape index (κ3) is 3.14. The fourth-order valence-electron chi connectivity index (χ4n) is 3.93. The summed E-state index contributed by atoms with van der Waals surface area (Å²) in [5.41, 5.74) is 1.17. The summed E-state index contributed by atoms with van der Waals surface area (Å²) in [5, 5.41) is 11.4. The van der Waals surface area contributed by atoms with Crippen LogP contribution in [0.25, 0.3) is 5.65 Å². The molecule has 9 heteroatoms. The number of hydrogen-bond donors (Lipinski definition) is 0. The fourth-order valence-corrected chi connectivity index (χ4v) is 3.93. The monoisotopic (exact) mass is 357 g/mol. The molecule has 3 fully saturated rings. The molecule has 2 aromatic rings. The Morgan fingerprint density at radius 1 is 1.23 bits per heavy atom. The standard InChI is InChI=1S/C17H23N7O2/c1-21(2)16(25)11-22-8-12-3-4-14(10-22)23(9-12)17(26)13-5-6-24-15(7-13)18-19-20-24/h5-7,12,14H,3-4,8-11H2,1-2H3/t12-,14+/m0/s1. The van der Waals surface area contributed by atoms with Crippen LogP contribution in [0.5, 0.6) is 0 Å². The molecule has 0 radical (unpaired) electrons. The average Bonchev–Trinajstić information content (AvgIpc) is 2.93. The SMILES string of the molecule is CN(C)C(=O)CN1C[C@@H]2CC[C@H](C1)N(C(=O)c1ccn3nnnc3c1)C2. The van der Waals surface area contributed by atoms with Crippen molar-refractivity contribution in [3.05, 3.63) is 23.9 Å². The molecule has 5 rings (SSSR count). The van der Waals surface area contributed by atoms with E-state index in [0.717, 1.165) is 32.5 Å². The first-order chi connectivity index (χ1) is 12.5. The van der Waals surface area contributed by atoms with Crippen LogP contribution in [0, 0.1) is 5.92 Å². The Morgan fingerprint density at radius 3 is 2.88 bits per heavy atom. The molecular weight excluding hydrogens is 334 g/mol. The van der Waals surface area contributed by atoms with Crippen LogP contribution in [-0.4, -0.2) is 92.9 Å². The van der Waals surface area contributed by atoms with Gasteiger partial charge in [-0.1, -0.05) is 0 Å². The summed E-state index contributed by atoms with van der Waals surface area (Å²) in [6, 6.07) is 3.63. The van der Waals surface area contributed by atoms with Gasteiger partial charge < -0.3 is 9.80 Å². The molecule has 2 bridgehead atoms. The van der Waals surface area contributed by atoms with Gasteiger partial charge in [-0.25, -0.2) is 4.52 Å². The third-order valence-electron chi connectivity index (χ3n) is 5.35. The summed E-state index contributed by atoms with van der Waals surface area (Å²) in [7, 11) is 3.56. The van der Waals surface area contributed by atoms with E-state index in [1.165, 1.54) is 0 Å². The highest BCUT2D eigenvalue weighted by Gasteiger charge is 2.38. The number of fused-ring (bicyclic) bond motifs is 5. The normalized spacial score (nSPS) is 23.2. The van der Waals surface area contributed by atoms with Crippen molar-refractivity contribution < 1.29 is 9.59 Å². The van der Waals surface area contributed by atoms with E-state index < -0.39 is 0 Å². The number of amides is 2. The number of likely N-dealkylation sites (N-methyl/N-ethyl adjacent to an activating group) is 1. The van der Waals surface area contributed by atoms with Crippen molar-refractivity contribution >= 4 is 17.5 Å². The van der Waals surface area contributed by atoms with Crippen LogP contribution in [0.1, 0.15) is 23.2 Å². The van der Waals surface area contributed by atoms with Crippen LogP contribution in [-0.2, 0) is 4.79 Å². The minimum atomic E-state index is 0.0194. The number of carbonyl (C=O) groups is 2. The van der Waals surface area contributed by atoms with Crippen molar-refractivity contribution in [2.75, 3.05) is 40.3 Å². The van der Waals surface area contributed by atoms with Crippen molar-refractivity contribution in [3.63, 3.8) is 0 Å². The smallest absolute Gasteiger partial charge is 0.254 e. The summed E-state index contributed by atoms with van der Waals surface area (Å²) >= 11 is 0. The van der Waals surface area contributed by atoms with Crippen molar-refractivity contribution in [1.82, 2.24) is 34.7 Å². The van der Waals surface area contributed by atoms with Crippen molar-refractivity contribution in [1.29, 1.82) is 0 Å². The van der Waals surface area contributed by atoms with Crippen molar-refractivity contribution in [2.45, 2.75) is 18.9 Å². The maximum absolute atomic E-state index is 13.1. The Labute approximate surface area is 151 Å². The van der Waals surface area contributed by atoms with E-state index in [9.17, 15) is 9.59 Å². The third-order valence-corrected chi connectivity index (χ3v) is 5.35. The molecule has 5 heterocycles. The summed E-state index contributed by atoms with van der Waals surface area (Å²) in [6.45, 7) is 2.77. The summed E-state index contributed by atoms with van der Waals surface area (Å²) in [6.07, 6.45) is 3.80. The van der Waals surface area contributed by atoms with Crippen LogP contribution >= 0.6 is 0 Å². The van der Waals surface area contributed by atoms with Gasteiger partial charge in [0.25, 0.3) is 5.91 Å². The number of carbonyl (C=O) groups excluding carboxylic acids is 2. The fraction of sp³-hybridized carbons (Fsp3) is 0.588. The van der Waals surface area contributed by atoms with E-state index >= 15 is 0 Å². The molecule has 0 spiro atoms. The van der Waals surface area contributed by atoms with E-state index in [-0.39, 0.29) is 17.9 Å². The number of rotatable bonds is 3. The van der Waals surface area contributed by atoms with Crippen molar-refractivity contribution in [2.24, 2.45) is 5.92 Å². The van der Waals surface area contributed by atoms with E-state index in [4.69, 9.17) is 0 Å². The zero-order valence-electron chi connectivity index (χ0n) is 15.1. The van der Waals surface area contributed by atoms with Crippen LogP contribution in [0.2, 0.25) is 0 Å². The first kappa shape index (κ1) is 16.9. The topological polar surface area (TPSA) is 86.9 Å². The minimum Gasteiger partial charge on any atom is -0.348 e. The summed E-state index contributed by atoms with van der Waals surface area (Å²) < 4.78 is 1.54. The van der Waals surface area contributed by atoms with Gasteiger partial charge in [0.1, 0.15) is 0 Å². The first-order valence-electron chi connectivity index (χ1n) is 8.92. The van der Waals surface area contributed by atoms with Gasteiger partial charge in [0.2, 0.25) is 5.91 Å². The molecule has 2 atom stereocenters. The maximum Gasteiger partial charge on any atom is 0.254 e.